The van der Waals surface area contributed by atoms with Crippen LogP contribution < -0.4 is 10.6 Å². The zero-order chi connectivity index (χ0) is 16.4. The van der Waals surface area contributed by atoms with Crippen molar-refractivity contribution in [2.75, 3.05) is 13.1 Å². The fraction of sp³-hybridized carbons (Fsp3) is 0.882. The lowest BCUT2D eigenvalue weighted by Gasteiger charge is -2.38. The predicted octanol–water partition coefficient (Wildman–Crippen LogP) is 2.54. The Balaban J connectivity index is 2.03. The molecule has 5 nitrogen and oxygen atoms in total. The third-order valence-corrected chi connectivity index (χ3v) is 5.44. The van der Waals surface area contributed by atoms with E-state index in [-0.39, 0.29) is 17.9 Å². The second-order valence-corrected chi connectivity index (χ2v) is 8.21. The van der Waals surface area contributed by atoms with Crippen molar-refractivity contribution >= 4 is 11.6 Å². The monoisotopic (exact) mass is 309 g/mol. The minimum atomic E-state index is -0.760. The van der Waals surface area contributed by atoms with E-state index in [1.54, 1.807) is 0 Å². The number of rotatable bonds is 4. The first-order valence-corrected chi connectivity index (χ1v) is 8.50. The molecule has 0 aromatic rings. The van der Waals surface area contributed by atoms with E-state index in [1.807, 2.05) is 13.8 Å². The molecule has 0 radical (unpaired) electrons. The quantitative estimate of drug-likeness (QED) is 0.424. The Morgan fingerprint density at radius 3 is 2.41 bits per heavy atom. The molecular weight excluding hydrogens is 278 g/mol. The van der Waals surface area contributed by atoms with Crippen molar-refractivity contribution in [3.63, 3.8) is 0 Å². The average molecular weight is 309 g/mol. The van der Waals surface area contributed by atoms with Crippen LogP contribution in [0.25, 0.3) is 0 Å². The van der Waals surface area contributed by atoms with Gasteiger partial charge in [-0.3, -0.25) is 4.79 Å². The molecule has 1 amide bonds. The second kappa shape index (κ2) is 6.57. The maximum absolute atomic E-state index is 12.7. The highest BCUT2D eigenvalue weighted by Crippen LogP contribution is 2.41. The van der Waals surface area contributed by atoms with Crippen LogP contribution in [-0.4, -0.2) is 36.0 Å². The van der Waals surface area contributed by atoms with Crippen LogP contribution in [0.2, 0.25) is 0 Å². The van der Waals surface area contributed by atoms with Crippen molar-refractivity contribution in [1.29, 1.82) is 0 Å². The lowest BCUT2D eigenvalue weighted by Crippen LogP contribution is -2.49. The number of amides is 1. The zero-order valence-corrected chi connectivity index (χ0v) is 14.4. The predicted molar refractivity (Wildman–Crippen MR) is 88.2 cm³/mol. The van der Waals surface area contributed by atoms with Crippen LogP contribution in [0.15, 0.2) is 5.16 Å². The van der Waals surface area contributed by atoms with Gasteiger partial charge in [0.25, 0.3) is 0 Å². The molecule has 1 saturated heterocycles. The Bertz CT molecular complexity index is 427. The van der Waals surface area contributed by atoms with Crippen molar-refractivity contribution in [2.24, 2.45) is 21.9 Å². The average Bonchev–Trinajstić information content (AvgIpc) is 2.94. The molecule has 0 spiro atoms. The van der Waals surface area contributed by atoms with E-state index in [2.05, 4.69) is 29.6 Å². The van der Waals surface area contributed by atoms with Gasteiger partial charge in [0.1, 0.15) is 0 Å². The van der Waals surface area contributed by atoms with E-state index in [0.29, 0.717) is 11.1 Å². The Labute approximate surface area is 133 Å². The van der Waals surface area contributed by atoms with Crippen LogP contribution in [0.3, 0.4) is 0 Å². The first-order valence-electron chi connectivity index (χ1n) is 8.50. The molecule has 22 heavy (non-hydrogen) atoms. The first kappa shape index (κ1) is 17.3. The molecule has 3 N–H and O–H groups in total. The standard InChI is InChI=1S/C17H31N3O2/c1-16(2)8-5-12(6-9-16)14(20-22)17(3,4)15(21)19-13-7-10-18-11-13/h12-13,18,22H,5-11H2,1-4H3,(H,19,21)/t13-/m0/s1. The second-order valence-electron chi connectivity index (χ2n) is 8.21. The van der Waals surface area contributed by atoms with Crippen molar-refractivity contribution < 1.29 is 10.0 Å². The van der Waals surface area contributed by atoms with Gasteiger partial charge in [0.2, 0.25) is 5.91 Å². The highest BCUT2D eigenvalue weighted by molar-refractivity contribution is 6.08. The summed E-state index contributed by atoms with van der Waals surface area (Å²) in [6.45, 7) is 10.1. The molecule has 5 heteroatoms. The SMILES string of the molecule is CC1(C)CCC(C(=NO)C(C)(C)C(=O)N[C@H]2CCNC2)CC1. The van der Waals surface area contributed by atoms with Gasteiger partial charge in [0.05, 0.1) is 11.1 Å². The number of nitrogens with one attached hydrogen (secondary N) is 2. The zero-order valence-electron chi connectivity index (χ0n) is 14.4. The number of hydrogen-bond donors (Lipinski definition) is 3. The lowest BCUT2D eigenvalue weighted by atomic mass is 9.67. The van der Waals surface area contributed by atoms with Crippen LogP contribution >= 0.6 is 0 Å². The van der Waals surface area contributed by atoms with Crippen LogP contribution in [0.4, 0.5) is 0 Å². The van der Waals surface area contributed by atoms with E-state index in [9.17, 15) is 10.0 Å². The van der Waals surface area contributed by atoms with Crippen molar-refractivity contribution in [3.8, 4) is 0 Å². The van der Waals surface area contributed by atoms with Crippen LogP contribution in [0.1, 0.15) is 59.8 Å². The Morgan fingerprint density at radius 2 is 1.91 bits per heavy atom. The number of nitrogens with zero attached hydrogens (tertiary/aromatic N) is 1. The molecule has 0 aromatic carbocycles. The van der Waals surface area contributed by atoms with Gasteiger partial charge in [-0.05, 0) is 57.9 Å². The maximum atomic E-state index is 12.7. The lowest BCUT2D eigenvalue weighted by molar-refractivity contribution is -0.127. The highest BCUT2D eigenvalue weighted by atomic mass is 16.4. The normalized spacial score (nSPS) is 26.9. The third-order valence-electron chi connectivity index (χ3n) is 5.44. The Kier molecular flexibility index (Phi) is 5.15. The van der Waals surface area contributed by atoms with Crippen LogP contribution in [-0.2, 0) is 4.79 Å². The summed E-state index contributed by atoms with van der Waals surface area (Å²) in [7, 11) is 0. The maximum Gasteiger partial charge on any atom is 0.231 e. The fourth-order valence-corrected chi connectivity index (χ4v) is 3.65. The largest absolute Gasteiger partial charge is 0.411 e. The van der Waals surface area contributed by atoms with Crippen LogP contribution in [0.5, 0.6) is 0 Å². The third kappa shape index (κ3) is 3.80. The highest BCUT2D eigenvalue weighted by Gasteiger charge is 2.41. The summed E-state index contributed by atoms with van der Waals surface area (Å²) in [6.07, 6.45) is 5.18. The summed E-state index contributed by atoms with van der Waals surface area (Å²) >= 11 is 0. The molecule has 2 rings (SSSR count). The van der Waals surface area contributed by atoms with Gasteiger partial charge in [0, 0.05) is 18.5 Å². The number of hydrogen-bond acceptors (Lipinski definition) is 4. The fourth-order valence-electron chi connectivity index (χ4n) is 3.65. The van der Waals surface area contributed by atoms with Crippen molar-refractivity contribution in [3.05, 3.63) is 0 Å². The van der Waals surface area contributed by atoms with E-state index < -0.39 is 5.41 Å². The van der Waals surface area contributed by atoms with Gasteiger partial charge in [0.15, 0.2) is 0 Å². The molecule has 1 atom stereocenters. The van der Waals surface area contributed by atoms with E-state index in [4.69, 9.17) is 0 Å². The molecule has 1 aliphatic heterocycles. The molecule has 1 saturated carbocycles. The number of carbonyl (C=O) groups is 1. The molecule has 0 bridgehead atoms. The topological polar surface area (TPSA) is 73.7 Å². The Morgan fingerprint density at radius 1 is 1.27 bits per heavy atom. The summed E-state index contributed by atoms with van der Waals surface area (Å²) < 4.78 is 0. The first-order chi connectivity index (χ1) is 10.3. The molecule has 0 aromatic heterocycles. The van der Waals surface area contributed by atoms with Crippen molar-refractivity contribution in [2.45, 2.75) is 65.8 Å². The van der Waals surface area contributed by atoms with Gasteiger partial charge in [-0.1, -0.05) is 19.0 Å². The number of oxime groups is 1. The van der Waals surface area contributed by atoms with E-state index in [0.717, 1.165) is 45.2 Å². The van der Waals surface area contributed by atoms with Gasteiger partial charge in [-0.25, -0.2) is 0 Å². The molecule has 126 valence electrons. The molecular formula is C17H31N3O2. The van der Waals surface area contributed by atoms with E-state index in [1.165, 1.54) is 0 Å². The van der Waals surface area contributed by atoms with Gasteiger partial charge >= 0.3 is 0 Å². The van der Waals surface area contributed by atoms with Gasteiger partial charge < -0.3 is 15.8 Å². The summed E-state index contributed by atoms with van der Waals surface area (Å²) in [5.74, 6) is 0.180. The van der Waals surface area contributed by atoms with E-state index >= 15 is 0 Å². The van der Waals surface area contributed by atoms with Crippen molar-refractivity contribution in [1.82, 2.24) is 10.6 Å². The minimum absolute atomic E-state index is 0.0289. The number of carbonyl (C=O) groups excluding carboxylic acids is 1. The summed E-state index contributed by atoms with van der Waals surface area (Å²) in [6, 6.07) is 0.192. The molecule has 2 fully saturated rings. The molecule has 1 aliphatic carbocycles. The summed E-state index contributed by atoms with van der Waals surface area (Å²) in [4.78, 5) is 12.7. The molecule has 2 aliphatic rings. The summed E-state index contributed by atoms with van der Waals surface area (Å²) in [5, 5.41) is 19.5. The minimum Gasteiger partial charge on any atom is -0.411 e. The smallest absolute Gasteiger partial charge is 0.231 e. The molecule has 0 unspecified atom stereocenters. The van der Waals surface area contributed by atoms with Crippen LogP contribution in [0, 0.1) is 16.7 Å². The van der Waals surface area contributed by atoms with Gasteiger partial charge in [-0.2, -0.15) is 0 Å². The Hall–Kier alpha value is -1.10. The summed E-state index contributed by atoms with van der Waals surface area (Å²) in [5.41, 5.74) is 0.245. The van der Waals surface area contributed by atoms with Gasteiger partial charge in [-0.15, -0.1) is 0 Å². The molecule has 1 heterocycles.